The number of nitrogens with zero attached hydrogens (tertiary/aromatic N) is 3. The summed E-state index contributed by atoms with van der Waals surface area (Å²) in [5.41, 5.74) is 3.32. The lowest BCUT2D eigenvalue weighted by molar-refractivity contribution is -0.143. The number of hydrogen-bond acceptors (Lipinski definition) is 3. The summed E-state index contributed by atoms with van der Waals surface area (Å²) in [5.74, 6) is -0.245. The summed E-state index contributed by atoms with van der Waals surface area (Å²) in [7, 11) is 1.64. The lowest BCUT2D eigenvalue weighted by Gasteiger charge is -2.29. The van der Waals surface area contributed by atoms with Gasteiger partial charge in [0.15, 0.2) is 0 Å². The first-order chi connectivity index (χ1) is 17.0. The Morgan fingerprint density at radius 1 is 0.857 bits per heavy atom. The summed E-state index contributed by atoms with van der Waals surface area (Å²) >= 11 is 0. The molecule has 0 N–H and O–H groups in total. The molecule has 0 aliphatic carbocycles. The van der Waals surface area contributed by atoms with Crippen LogP contribution >= 0.6 is 0 Å². The van der Waals surface area contributed by atoms with Gasteiger partial charge in [-0.25, -0.2) is 0 Å². The molecule has 0 aliphatic rings. The molecule has 186 valence electrons. The molecule has 2 amide bonds. The first-order valence-corrected chi connectivity index (χ1v) is 12.2. The van der Waals surface area contributed by atoms with Gasteiger partial charge in [-0.1, -0.05) is 74.5 Å². The molecule has 0 unspecified atom stereocenters. The lowest BCUT2D eigenvalue weighted by Crippen LogP contribution is -2.44. The van der Waals surface area contributed by atoms with Gasteiger partial charge >= 0.3 is 0 Å². The molecule has 6 nitrogen and oxygen atoms in total. The van der Waals surface area contributed by atoms with E-state index < -0.39 is 0 Å². The molecule has 1 heterocycles. The maximum Gasteiger partial charge on any atom is 0.242 e. The highest BCUT2D eigenvalue weighted by atomic mass is 16.5. The predicted molar refractivity (Wildman–Crippen MR) is 139 cm³/mol. The molecule has 35 heavy (non-hydrogen) atoms. The Morgan fingerprint density at radius 3 is 2.14 bits per heavy atom. The zero-order valence-corrected chi connectivity index (χ0v) is 21.1. The number of methoxy groups -OCH3 is 1. The molecule has 0 saturated heterocycles. The van der Waals surface area contributed by atoms with Crippen LogP contribution in [0.15, 0.2) is 79.0 Å². The summed E-state index contributed by atoms with van der Waals surface area (Å²) in [6.45, 7) is 6.55. The van der Waals surface area contributed by atoms with Crippen LogP contribution in [0.2, 0.25) is 0 Å². The van der Waals surface area contributed by atoms with Crippen molar-refractivity contribution in [1.82, 2.24) is 14.4 Å². The Labute approximate surface area is 209 Å². The average Bonchev–Trinajstić information content (AvgIpc) is 3.30. The first kappa shape index (κ1) is 26.2. The molecule has 6 heteroatoms. The van der Waals surface area contributed by atoms with E-state index in [1.165, 1.54) is 5.56 Å². The fraction of sp³-hybridized carbons (Fsp3) is 0.379. The van der Waals surface area contributed by atoms with E-state index in [1.807, 2.05) is 79.5 Å². The van der Waals surface area contributed by atoms with Crippen LogP contribution in [0, 0.1) is 5.92 Å². The number of benzene rings is 2. The summed E-state index contributed by atoms with van der Waals surface area (Å²) < 4.78 is 7.34. The van der Waals surface area contributed by atoms with E-state index in [9.17, 15) is 9.59 Å². The van der Waals surface area contributed by atoms with Crippen LogP contribution in [-0.4, -0.2) is 53.0 Å². The highest BCUT2D eigenvalue weighted by Crippen LogP contribution is 2.15. The zero-order chi connectivity index (χ0) is 25.0. The molecular formula is C29H37N3O3. The van der Waals surface area contributed by atoms with Gasteiger partial charge in [-0.2, -0.15) is 0 Å². The molecule has 1 aromatic heterocycles. The van der Waals surface area contributed by atoms with Crippen molar-refractivity contribution in [2.75, 3.05) is 26.8 Å². The molecule has 2 aromatic carbocycles. The largest absolute Gasteiger partial charge is 0.385 e. The normalized spacial score (nSPS) is 11.0. The van der Waals surface area contributed by atoms with E-state index in [4.69, 9.17) is 4.74 Å². The van der Waals surface area contributed by atoms with Crippen LogP contribution in [0.1, 0.15) is 37.1 Å². The SMILES string of the molecule is COCCCN(CC(=O)N(Cc1ccccc1)Cc1cccn1Cc1ccccc1)C(=O)C(C)C. The van der Waals surface area contributed by atoms with Crippen LogP contribution in [0.3, 0.4) is 0 Å². The second-order valence-electron chi connectivity index (χ2n) is 9.11. The Balaban J connectivity index is 1.79. The highest BCUT2D eigenvalue weighted by molar-refractivity contribution is 5.85. The van der Waals surface area contributed by atoms with Crippen LogP contribution in [0.5, 0.6) is 0 Å². The van der Waals surface area contributed by atoms with Gasteiger partial charge in [0.2, 0.25) is 11.8 Å². The minimum Gasteiger partial charge on any atom is -0.385 e. The Bertz CT molecular complexity index is 1050. The van der Waals surface area contributed by atoms with Crippen molar-refractivity contribution in [2.24, 2.45) is 5.92 Å². The van der Waals surface area contributed by atoms with Gasteiger partial charge in [0.1, 0.15) is 0 Å². The van der Waals surface area contributed by atoms with Crippen molar-refractivity contribution in [2.45, 2.75) is 39.9 Å². The maximum atomic E-state index is 13.6. The quantitative estimate of drug-likeness (QED) is 0.340. The number of rotatable bonds is 13. The van der Waals surface area contributed by atoms with Gasteiger partial charge in [-0.15, -0.1) is 0 Å². The number of aromatic nitrogens is 1. The minimum atomic E-state index is -0.170. The molecule has 3 rings (SSSR count). The molecule has 0 radical (unpaired) electrons. The molecule has 0 atom stereocenters. The van der Waals surface area contributed by atoms with Crippen LogP contribution in [0.25, 0.3) is 0 Å². The summed E-state index contributed by atoms with van der Waals surface area (Å²) in [6.07, 6.45) is 2.74. The fourth-order valence-electron chi connectivity index (χ4n) is 4.05. The molecule has 0 spiro atoms. The fourth-order valence-corrected chi connectivity index (χ4v) is 4.05. The van der Waals surface area contributed by atoms with Gasteiger partial charge in [0.05, 0.1) is 13.1 Å². The second-order valence-corrected chi connectivity index (χ2v) is 9.11. The van der Waals surface area contributed by atoms with Gasteiger partial charge in [0.25, 0.3) is 0 Å². The number of ether oxygens (including phenoxy) is 1. The summed E-state index contributed by atoms with van der Waals surface area (Å²) in [6, 6.07) is 24.4. The van der Waals surface area contributed by atoms with Crippen molar-refractivity contribution >= 4 is 11.8 Å². The third-order valence-electron chi connectivity index (χ3n) is 5.95. The van der Waals surface area contributed by atoms with Crippen molar-refractivity contribution < 1.29 is 14.3 Å². The van der Waals surface area contributed by atoms with E-state index in [1.54, 1.807) is 12.0 Å². The predicted octanol–water partition coefficient (Wildman–Crippen LogP) is 4.59. The molecule has 0 saturated carbocycles. The van der Waals surface area contributed by atoms with Gasteiger partial charge in [-0.3, -0.25) is 9.59 Å². The van der Waals surface area contributed by atoms with Crippen LogP contribution in [-0.2, 0) is 34.0 Å². The zero-order valence-electron chi connectivity index (χ0n) is 21.1. The minimum absolute atomic E-state index is 0.0124. The number of amides is 2. The van der Waals surface area contributed by atoms with E-state index >= 15 is 0 Å². The van der Waals surface area contributed by atoms with Crippen molar-refractivity contribution in [1.29, 1.82) is 0 Å². The van der Waals surface area contributed by atoms with E-state index in [-0.39, 0.29) is 24.3 Å². The van der Waals surface area contributed by atoms with Gasteiger partial charge in [-0.05, 0) is 29.7 Å². The molecule has 3 aromatic rings. The van der Waals surface area contributed by atoms with E-state index in [0.717, 1.165) is 17.8 Å². The van der Waals surface area contributed by atoms with Crippen LogP contribution in [0.4, 0.5) is 0 Å². The maximum absolute atomic E-state index is 13.6. The van der Waals surface area contributed by atoms with Crippen molar-refractivity contribution in [3.05, 3.63) is 95.8 Å². The van der Waals surface area contributed by atoms with E-state index in [2.05, 4.69) is 22.8 Å². The molecular weight excluding hydrogens is 438 g/mol. The summed E-state index contributed by atoms with van der Waals surface area (Å²) in [5, 5.41) is 0. The highest BCUT2D eigenvalue weighted by Gasteiger charge is 2.24. The van der Waals surface area contributed by atoms with Crippen LogP contribution < -0.4 is 0 Å². The van der Waals surface area contributed by atoms with Gasteiger partial charge in [0, 0.05) is 51.2 Å². The Kier molecular flexibility index (Phi) is 10.1. The molecule has 0 aliphatic heterocycles. The standard InChI is InChI=1S/C29H37N3O3/c1-24(2)29(34)31(18-11-19-35-3)23-28(33)32(21-26-14-8-5-9-15-26)22-27-16-10-17-30(27)20-25-12-6-4-7-13-25/h4-10,12-17,24H,11,18-23H2,1-3H3. The average molecular weight is 476 g/mol. The first-order valence-electron chi connectivity index (χ1n) is 12.2. The topological polar surface area (TPSA) is 54.8 Å². The van der Waals surface area contributed by atoms with Gasteiger partial charge < -0.3 is 19.1 Å². The third kappa shape index (κ3) is 8.11. The van der Waals surface area contributed by atoms with Crippen molar-refractivity contribution in [3.63, 3.8) is 0 Å². The second kappa shape index (κ2) is 13.5. The molecule has 0 fully saturated rings. The third-order valence-corrected chi connectivity index (χ3v) is 5.95. The Hall–Kier alpha value is -3.38. The Morgan fingerprint density at radius 2 is 1.51 bits per heavy atom. The van der Waals surface area contributed by atoms with E-state index in [0.29, 0.717) is 32.7 Å². The number of hydrogen-bond donors (Lipinski definition) is 0. The number of carbonyl (C=O) groups is 2. The summed E-state index contributed by atoms with van der Waals surface area (Å²) in [4.78, 5) is 30.0. The lowest BCUT2D eigenvalue weighted by atomic mass is 10.1. The monoisotopic (exact) mass is 475 g/mol. The smallest absolute Gasteiger partial charge is 0.242 e. The van der Waals surface area contributed by atoms with Crippen molar-refractivity contribution in [3.8, 4) is 0 Å². The molecule has 0 bridgehead atoms. The number of carbonyl (C=O) groups excluding carboxylic acids is 2.